The highest BCUT2D eigenvalue weighted by Gasteiger charge is 2.31. The number of carbonyl (C=O) groups is 1. The second kappa shape index (κ2) is 11.3. The number of amides is 1. The summed E-state index contributed by atoms with van der Waals surface area (Å²) >= 11 is 0. The van der Waals surface area contributed by atoms with Crippen LogP contribution in [0.4, 0.5) is 0 Å². The van der Waals surface area contributed by atoms with Crippen LogP contribution in [-0.4, -0.2) is 73.4 Å². The van der Waals surface area contributed by atoms with E-state index in [2.05, 4.69) is 4.90 Å². The third-order valence-electron chi connectivity index (χ3n) is 7.45. The van der Waals surface area contributed by atoms with E-state index in [9.17, 15) is 19.8 Å². The minimum atomic E-state index is -0.732. The zero-order chi connectivity index (χ0) is 28.4. The van der Waals surface area contributed by atoms with Crippen molar-refractivity contribution in [3.63, 3.8) is 0 Å². The molecule has 9 heteroatoms. The van der Waals surface area contributed by atoms with Gasteiger partial charge in [-0.25, -0.2) is 0 Å². The second-order valence-corrected chi connectivity index (χ2v) is 9.93. The maximum absolute atomic E-state index is 13.6. The Morgan fingerprint density at radius 2 is 1.62 bits per heavy atom. The number of fused-ring (bicyclic) bond motifs is 1. The van der Waals surface area contributed by atoms with Crippen molar-refractivity contribution in [1.82, 2.24) is 9.80 Å². The van der Waals surface area contributed by atoms with Crippen LogP contribution in [-0.2, 0) is 4.79 Å². The van der Waals surface area contributed by atoms with E-state index in [-0.39, 0.29) is 40.4 Å². The van der Waals surface area contributed by atoms with Crippen molar-refractivity contribution in [2.45, 2.75) is 12.3 Å². The number of rotatable bonds is 7. The zero-order valence-corrected chi connectivity index (χ0v) is 22.7. The number of likely N-dealkylation sites (N-methyl/N-ethyl adjacent to an activating group) is 1. The Bertz CT molecular complexity index is 1590. The number of ether oxygens (including phenoxy) is 2. The van der Waals surface area contributed by atoms with Crippen LogP contribution >= 0.6 is 0 Å². The number of phenols is 2. The number of nitrogens with zero attached hydrogens (tertiary/aromatic N) is 2. The van der Waals surface area contributed by atoms with Crippen molar-refractivity contribution >= 4 is 16.9 Å². The molecule has 0 spiro atoms. The molecule has 9 nitrogen and oxygen atoms in total. The van der Waals surface area contributed by atoms with Crippen molar-refractivity contribution in [2.24, 2.45) is 0 Å². The van der Waals surface area contributed by atoms with E-state index in [1.165, 1.54) is 20.3 Å². The van der Waals surface area contributed by atoms with E-state index in [4.69, 9.17) is 13.9 Å². The molecule has 40 heavy (non-hydrogen) atoms. The van der Waals surface area contributed by atoms with Gasteiger partial charge in [0.1, 0.15) is 28.2 Å². The minimum Gasteiger partial charge on any atom is -0.507 e. The number of carbonyl (C=O) groups excluding carboxylic acids is 1. The van der Waals surface area contributed by atoms with Gasteiger partial charge in [0.15, 0.2) is 16.9 Å². The molecule has 1 aliphatic heterocycles. The normalized spacial score (nSPS) is 14.7. The van der Waals surface area contributed by atoms with Gasteiger partial charge in [0, 0.05) is 61.8 Å². The Hall–Kier alpha value is -4.50. The summed E-state index contributed by atoms with van der Waals surface area (Å²) in [5, 5.41) is 21.9. The summed E-state index contributed by atoms with van der Waals surface area (Å²) in [6.45, 7) is 2.69. The average molecular weight is 545 g/mol. The van der Waals surface area contributed by atoms with E-state index in [1.807, 2.05) is 25.2 Å². The molecular formula is C31H32N2O7. The lowest BCUT2D eigenvalue weighted by Crippen LogP contribution is -2.47. The first-order valence-corrected chi connectivity index (χ1v) is 13.1. The number of benzene rings is 3. The largest absolute Gasteiger partial charge is 0.507 e. The van der Waals surface area contributed by atoms with Crippen LogP contribution in [0.15, 0.2) is 69.9 Å². The second-order valence-electron chi connectivity index (χ2n) is 9.93. The Balaban J connectivity index is 1.72. The molecule has 0 radical (unpaired) electrons. The fourth-order valence-electron chi connectivity index (χ4n) is 5.22. The Labute approximate surface area is 231 Å². The smallest absolute Gasteiger partial charge is 0.223 e. The third-order valence-corrected chi connectivity index (χ3v) is 7.45. The maximum atomic E-state index is 13.6. The monoisotopic (exact) mass is 544 g/mol. The van der Waals surface area contributed by atoms with Crippen LogP contribution < -0.4 is 14.9 Å². The van der Waals surface area contributed by atoms with Crippen molar-refractivity contribution in [3.8, 4) is 34.3 Å². The summed E-state index contributed by atoms with van der Waals surface area (Å²) in [5.74, 6) is -0.287. The van der Waals surface area contributed by atoms with E-state index in [0.29, 0.717) is 35.7 Å². The molecule has 5 rings (SSSR count). The molecule has 2 heterocycles. The Morgan fingerprint density at radius 3 is 2.30 bits per heavy atom. The average Bonchev–Trinajstić information content (AvgIpc) is 2.96. The molecule has 2 N–H and O–H groups in total. The topological polar surface area (TPSA) is 113 Å². The van der Waals surface area contributed by atoms with Crippen LogP contribution in [0.2, 0.25) is 0 Å². The van der Waals surface area contributed by atoms with Gasteiger partial charge in [-0.3, -0.25) is 9.59 Å². The number of hydrogen-bond acceptors (Lipinski definition) is 8. The molecule has 1 unspecified atom stereocenters. The molecule has 1 aromatic heterocycles. The molecule has 1 aliphatic rings. The lowest BCUT2D eigenvalue weighted by atomic mass is 9.85. The van der Waals surface area contributed by atoms with Gasteiger partial charge in [-0.1, -0.05) is 36.4 Å². The lowest BCUT2D eigenvalue weighted by molar-refractivity contribution is -0.133. The summed E-state index contributed by atoms with van der Waals surface area (Å²) in [7, 11) is 5.07. The summed E-state index contributed by atoms with van der Waals surface area (Å²) < 4.78 is 17.2. The van der Waals surface area contributed by atoms with Gasteiger partial charge in [0.2, 0.25) is 5.91 Å². The van der Waals surface area contributed by atoms with Gasteiger partial charge < -0.3 is 33.9 Å². The summed E-state index contributed by atoms with van der Waals surface area (Å²) in [5.41, 5.74) is 1.10. The van der Waals surface area contributed by atoms with Gasteiger partial charge in [0.25, 0.3) is 0 Å². The first-order chi connectivity index (χ1) is 19.3. The molecule has 208 valence electrons. The van der Waals surface area contributed by atoms with Gasteiger partial charge >= 0.3 is 0 Å². The first kappa shape index (κ1) is 27.1. The van der Waals surface area contributed by atoms with Crippen LogP contribution in [0.5, 0.6) is 23.0 Å². The molecule has 0 bridgehead atoms. The maximum Gasteiger partial charge on any atom is 0.223 e. The van der Waals surface area contributed by atoms with E-state index >= 15 is 0 Å². The van der Waals surface area contributed by atoms with Crippen molar-refractivity contribution in [1.29, 1.82) is 0 Å². The van der Waals surface area contributed by atoms with Crippen LogP contribution in [0, 0.1) is 0 Å². The van der Waals surface area contributed by atoms with Crippen LogP contribution in [0.1, 0.15) is 23.5 Å². The SMILES string of the molecule is COc1ccc(C(CC(=O)N2CCN(C)CC2)c2c(O)cc(O)c3c(=O)cc(-c4ccccc4)oc23)cc1OC. The highest BCUT2D eigenvalue weighted by atomic mass is 16.5. The molecule has 1 amide bonds. The standard InChI is InChI=1S/C31H32N2O7/c1-32-11-13-33(14-12-32)28(37)16-21(20-9-10-25(38-2)27(15-20)39-3)29-22(34)17-23(35)30-24(36)18-26(40-31(29)30)19-7-5-4-6-8-19/h4-10,15,17-18,21,34-35H,11-14,16H2,1-3H3. The van der Waals surface area contributed by atoms with Gasteiger partial charge in [-0.05, 0) is 24.7 Å². The molecule has 1 fully saturated rings. The molecule has 3 aromatic carbocycles. The van der Waals surface area contributed by atoms with E-state index in [1.54, 1.807) is 35.2 Å². The summed E-state index contributed by atoms with van der Waals surface area (Å²) in [4.78, 5) is 30.9. The molecule has 1 atom stereocenters. The quantitative estimate of drug-likeness (QED) is 0.356. The van der Waals surface area contributed by atoms with Crippen LogP contribution in [0.25, 0.3) is 22.3 Å². The molecule has 0 saturated carbocycles. The van der Waals surface area contributed by atoms with Gasteiger partial charge in [0.05, 0.1) is 14.2 Å². The molecule has 4 aromatic rings. The number of methoxy groups -OCH3 is 2. The molecule has 0 aliphatic carbocycles. The summed E-state index contributed by atoms with van der Waals surface area (Å²) in [6.07, 6.45) is -0.00803. The van der Waals surface area contributed by atoms with E-state index in [0.717, 1.165) is 19.2 Å². The van der Waals surface area contributed by atoms with Gasteiger partial charge in [-0.15, -0.1) is 0 Å². The van der Waals surface area contributed by atoms with Crippen molar-refractivity contribution < 1.29 is 28.9 Å². The van der Waals surface area contributed by atoms with Gasteiger partial charge in [-0.2, -0.15) is 0 Å². The highest BCUT2D eigenvalue weighted by Crippen LogP contribution is 2.44. The Kier molecular flexibility index (Phi) is 7.66. The van der Waals surface area contributed by atoms with E-state index < -0.39 is 17.1 Å². The number of phenolic OH excluding ortho intramolecular Hbond substituents is 2. The highest BCUT2D eigenvalue weighted by molar-refractivity contribution is 5.91. The fourth-order valence-corrected chi connectivity index (χ4v) is 5.22. The Morgan fingerprint density at radius 1 is 0.925 bits per heavy atom. The minimum absolute atomic E-state index is 0.00803. The van der Waals surface area contributed by atoms with Crippen LogP contribution in [0.3, 0.4) is 0 Å². The molecule has 1 saturated heterocycles. The fraction of sp³-hybridized carbons (Fsp3) is 0.290. The zero-order valence-electron chi connectivity index (χ0n) is 22.7. The predicted molar refractivity (Wildman–Crippen MR) is 151 cm³/mol. The third kappa shape index (κ3) is 5.20. The lowest BCUT2D eigenvalue weighted by Gasteiger charge is -2.33. The number of piperazine rings is 1. The summed E-state index contributed by atoms with van der Waals surface area (Å²) in [6, 6.07) is 16.8. The van der Waals surface area contributed by atoms with Crippen molar-refractivity contribution in [2.75, 3.05) is 47.4 Å². The number of aromatic hydroxyl groups is 2. The molecular weight excluding hydrogens is 512 g/mol. The first-order valence-electron chi connectivity index (χ1n) is 13.1. The predicted octanol–water partition coefficient (Wildman–Crippen LogP) is 4.18. The van der Waals surface area contributed by atoms with Crippen molar-refractivity contribution in [3.05, 3.63) is 82.0 Å². The number of hydrogen-bond donors (Lipinski definition) is 2.